The van der Waals surface area contributed by atoms with Crippen molar-refractivity contribution in [3.8, 4) is 0 Å². The van der Waals surface area contributed by atoms with Crippen LogP contribution in [0.3, 0.4) is 0 Å². The van der Waals surface area contributed by atoms with Crippen LogP contribution >= 0.6 is 11.3 Å². The molecule has 0 amide bonds. The van der Waals surface area contributed by atoms with Gasteiger partial charge in [-0.3, -0.25) is 4.68 Å². The molecule has 3 aromatic rings. The summed E-state index contributed by atoms with van der Waals surface area (Å²) in [4.78, 5) is 11.0. The summed E-state index contributed by atoms with van der Waals surface area (Å²) >= 11 is 1.70. The Morgan fingerprint density at radius 2 is 2.35 bits per heavy atom. The smallest absolute Gasteiger partial charge is 0.138 e. The maximum Gasteiger partial charge on any atom is 0.138 e. The monoisotopic (exact) mass is 329 g/mol. The molecule has 0 unspecified atom stereocenters. The Morgan fingerprint density at radius 3 is 3.17 bits per heavy atom. The highest BCUT2D eigenvalue weighted by molar-refractivity contribution is 7.18. The van der Waals surface area contributed by atoms with Crippen LogP contribution in [0.1, 0.15) is 23.1 Å². The molecule has 1 N–H and O–H groups in total. The minimum absolute atomic E-state index is 0.0940. The first-order valence-electron chi connectivity index (χ1n) is 7.77. The molecule has 6 nitrogen and oxygen atoms in total. The first-order valence-corrected chi connectivity index (χ1v) is 8.58. The molecule has 0 bridgehead atoms. The number of hydrogen-bond donors (Lipinski definition) is 1. The van der Waals surface area contributed by atoms with Crippen molar-refractivity contribution in [2.75, 3.05) is 18.5 Å². The van der Waals surface area contributed by atoms with Crippen LogP contribution in [0.2, 0.25) is 0 Å². The van der Waals surface area contributed by atoms with Gasteiger partial charge in [0.25, 0.3) is 0 Å². The Labute approximate surface area is 138 Å². The predicted molar refractivity (Wildman–Crippen MR) is 90.6 cm³/mol. The van der Waals surface area contributed by atoms with E-state index in [-0.39, 0.29) is 6.10 Å². The summed E-state index contributed by atoms with van der Waals surface area (Å²) in [5.41, 5.74) is 1.13. The molecule has 120 valence electrons. The van der Waals surface area contributed by atoms with E-state index in [1.807, 2.05) is 24.0 Å². The highest BCUT2D eigenvalue weighted by atomic mass is 32.1. The van der Waals surface area contributed by atoms with Crippen LogP contribution in [0.15, 0.2) is 24.7 Å². The summed E-state index contributed by atoms with van der Waals surface area (Å²) in [6, 6.07) is 4.18. The quantitative estimate of drug-likeness (QED) is 0.797. The Balaban J connectivity index is 1.52. The number of hydrogen-bond acceptors (Lipinski definition) is 6. The number of fused-ring (bicyclic) bond motifs is 1. The van der Waals surface area contributed by atoms with E-state index < -0.39 is 0 Å². The number of ether oxygens (including phenoxy) is 1. The van der Waals surface area contributed by atoms with E-state index in [9.17, 15) is 0 Å². The third-order valence-electron chi connectivity index (χ3n) is 4.35. The van der Waals surface area contributed by atoms with Crippen LogP contribution in [-0.4, -0.2) is 32.9 Å². The van der Waals surface area contributed by atoms with Gasteiger partial charge < -0.3 is 10.1 Å². The van der Waals surface area contributed by atoms with Crippen molar-refractivity contribution in [1.82, 2.24) is 19.7 Å². The fraction of sp³-hybridized carbons (Fsp3) is 0.438. The number of aromatic nitrogens is 4. The zero-order valence-corrected chi connectivity index (χ0v) is 14.0. The Bertz CT molecular complexity index is 827. The van der Waals surface area contributed by atoms with Crippen LogP contribution in [0.4, 0.5) is 5.82 Å². The van der Waals surface area contributed by atoms with E-state index in [0.29, 0.717) is 5.92 Å². The van der Waals surface area contributed by atoms with E-state index in [1.165, 1.54) is 4.88 Å². The van der Waals surface area contributed by atoms with Gasteiger partial charge in [0.05, 0.1) is 11.1 Å². The van der Waals surface area contributed by atoms with Crippen LogP contribution in [0.5, 0.6) is 0 Å². The SMILES string of the molecule is Cc1cc2c(NC[C@@H]3CCO[C@H]3c3ccnn3C)ncnc2s1. The maximum atomic E-state index is 5.94. The first-order chi connectivity index (χ1) is 11.2. The molecule has 7 heteroatoms. The van der Waals surface area contributed by atoms with E-state index in [1.54, 1.807) is 17.7 Å². The van der Waals surface area contributed by atoms with Crippen LogP contribution in [-0.2, 0) is 11.8 Å². The molecule has 0 aromatic carbocycles. The number of rotatable bonds is 4. The third-order valence-corrected chi connectivity index (χ3v) is 5.31. The Kier molecular flexibility index (Phi) is 3.74. The van der Waals surface area contributed by atoms with E-state index in [0.717, 1.165) is 41.3 Å². The van der Waals surface area contributed by atoms with Crippen molar-refractivity contribution in [2.24, 2.45) is 13.0 Å². The van der Waals surface area contributed by atoms with Crippen LogP contribution in [0, 0.1) is 12.8 Å². The molecule has 1 aliphatic heterocycles. The summed E-state index contributed by atoms with van der Waals surface area (Å²) in [7, 11) is 1.96. The van der Waals surface area contributed by atoms with Gasteiger partial charge in [0.2, 0.25) is 0 Å². The van der Waals surface area contributed by atoms with E-state index in [2.05, 4.69) is 33.4 Å². The van der Waals surface area contributed by atoms with Crippen molar-refractivity contribution in [3.63, 3.8) is 0 Å². The van der Waals surface area contributed by atoms with Crippen molar-refractivity contribution in [2.45, 2.75) is 19.4 Å². The molecular formula is C16H19N5OS. The second-order valence-electron chi connectivity index (χ2n) is 5.90. The zero-order valence-electron chi connectivity index (χ0n) is 13.2. The Hall–Kier alpha value is -1.99. The van der Waals surface area contributed by atoms with Crippen molar-refractivity contribution < 1.29 is 4.74 Å². The fourth-order valence-electron chi connectivity index (χ4n) is 3.18. The molecule has 1 saturated heterocycles. The standard InChI is InChI=1S/C16H19N5OS/c1-10-7-12-15(18-9-19-16(12)23-10)17-8-11-4-6-22-14(11)13-3-5-20-21(13)2/h3,5,7,9,11,14H,4,6,8H2,1-2H3,(H,17,18,19)/t11-,14+/m0/s1. The molecule has 0 radical (unpaired) electrons. The molecule has 4 rings (SSSR count). The van der Waals surface area contributed by atoms with Crippen molar-refractivity contribution in [3.05, 3.63) is 35.2 Å². The molecule has 1 fully saturated rings. The lowest BCUT2D eigenvalue weighted by atomic mass is 9.99. The van der Waals surface area contributed by atoms with Gasteiger partial charge in [-0.25, -0.2) is 9.97 Å². The van der Waals surface area contributed by atoms with Gasteiger partial charge in [0.1, 0.15) is 23.1 Å². The summed E-state index contributed by atoms with van der Waals surface area (Å²) < 4.78 is 7.84. The lowest BCUT2D eigenvalue weighted by molar-refractivity contribution is 0.0866. The van der Waals surface area contributed by atoms with Gasteiger partial charge in [-0.05, 0) is 25.5 Å². The van der Waals surface area contributed by atoms with Gasteiger partial charge in [0, 0.05) is 37.2 Å². The molecule has 0 spiro atoms. The topological polar surface area (TPSA) is 64.9 Å². The number of aryl methyl sites for hydroxylation is 2. The van der Waals surface area contributed by atoms with Crippen LogP contribution < -0.4 is 5.32 Å². The van der Waals surface area contributed by atoms with Gasteiger partial charge in [-0.15, -0.1) is 11.3 Å². The van der Waals surface area contributed by atoms with Crippen molar-refractivity contribution >= 4 is 27.4 Å². The highest BCUT2D eigenvalue weighted by Crippen LogP contribution is 2.35. The molecule has 2 atom stereocenters. The zero-order chi connectivity index (χ0) is 15.8. The van der Waals surface area contributed by atoms with Gasteiger partial charge in [-0.1, -0.05) is 0 Å². The lowest BCUT2D eigenvalue weighted by Crippen LogP contribution is -2.20. The molecule has 23 heavy (non-hydrogen) atoms. The summed E-state index contributed by atoms with van der Waals surface area (Å²) in [6.45, 7) is 3.72. The Morgan fingerprint density at radius 1 is 1.43 bits per heavy atom. The summed E-state index contributed by atoms with van der Waals surface area (Å²) in [6.07, 6.45) is 4.59. The second-order valence-corrected chi connectivity index (χ2v) is 7.13. The second kappa shape index (κ2) is 5.90. The van der Waals surface area contributed by atoms with Gasteiger partial charge in [0.15, 0.2) is 0 Å². The van der Waals surface area contributed by atoms with Gasteiger partial charge >= 0.3 is 0 Å². The average molecular weight is 329 g/mol. The number of anilines is 1. The molecule has 4 heterocycles. The molecule has 1 aliphatic rings. The van der Waals surface area contributed by atoms with E-state index >= 15 is 0 Å². The molecule has 0 saturated carbocycles. The predicted octanol–water partition coefficient (Wildman–Crippen LogP) is 2.92. The number of nitrogens with zero attached hydrogens (tertiary/aromatic N) is 4. The molecule has 0 aliphatic carbocycles. The molecule has 3 aromatic heterocycles. The average Bonchev–Trinajstić information content (AvgIpc) is 3.23. The minimum atomic E-state index is 0.0940. The number of nitrogens with one attached hydrogen (secondary N) is 1. The normalized spacial score (nSPS) is 21.1. The fourth-order valence-corrected chi connectivity index (χ4v) is 4.02. The largest absolute Gasteiger partial charge is 0.372 e. The lowest BCUT2D eigenvalue weighted by Gasteiger charge is -2.19. The first kappa shape index (κ1) is 14.6. The van der Waals surface area contributed by atoms with Crippen LogP contribution in [0.25, 0.3) is 10.2 Å². The number of thiophene rings is 1. The molecular weight excluding hydrogens is 310 g/mol. The minimum Gasteiger partial charge on any atom is -0.372 e. The maximum absolute atomic E-state index is 5.94. The highest BCUT2D eigenvalue weighted by Gasteiger charge is 2.31. The summed E-state index contributed by atoms with van der Waals surface area (Å²) in [5, 5.41) is 8.86. The summed E-state index contributed by atoms with van der Waals surface area (Å²) in [5.74, 6) is 1.32. The van der Waals surface area contributed by atoms with E-state index in [4.69, 9.17) is 4.74 Å². The third kappa shape index (κ3) is 2.70. The van der Waals surface area contributed by atoms with Gasteiger partial charge in [-0.2, -0.15) is 5.10 Å². The van der Waals surface area contributed by atoms with Crippen molar-refractivity contribution in [1.29, 1.82) is 0 Å².